The number of benzene rings is 1. The number of nitrogens with zero attached hydrogens (tertiary/aromatic N) is 2. The van der Waals surface area contributed by atoms with E-state index in [9.17, 15) is 22.8 Å². The van der Waals surface area contributed by atoms with E-state index < -0.39 is 16.1 Å². The molecule has 1 aromatic rings. The summed E-state index contributed by atoms with van der Waals surface area (Å²) < 4.78 is 28.1. The van der Waals surface area contributed by atoms with Crippen molar-refractivity contribution in [3.05, 3.63) is 28.3 Å². The SMILES string of the molecule is Cc1cc(C)c(C)c(S(=O)(=O)NCCC(=O)N2CC(N3C(=O)CNC3=O)C2)c1C. The number of nitrogens with one attached hydrogen (secondary N) is 2. The van der Waals surface area contributed by atoms with Gasteiger partial charge in [-0.05, 0) is 49.9 Å². The molecule has 0 unspecified atom stereocenters. The van der Waals surface area contributed by atoms with Crippen LogP contribution in [0.2, 0.25) is 0 Å². The van der Waals surface area contributed by atoms with Crippen LogP contribution in [-0.2, 0) is 19.6 Å². The Morgan fingerprint density at radius 2 is 1.72 bits per heavy atom. The normalized spacial score (nSPS) is 17.5. The highest BCUT2D eigenvalue weighted by Crippen LogP contribution is 2.26. The summed E-state index contributed by atoms with van der Waals surface area (Å²) in [6.07, 6.45) is 0.00891. The summed E-state index contributed by atoms with van der Waals surface area (Å²) in [5.41, 5.74) is 3.20. The maximum Gasteiger partial charge on any atom is 0.324 e. The number of carbonyl (C=O) groups excluding carboxylic acids is 3. The van der Waals surface area contributed by atoms with Crippen LogP contribution in [0, 0.1) is 27.7 Å². The van der Waals surface area contributed by atoms with Crippen LogP contribution in [-0.4, -0.2) is 68.3 Å². The minimum absolute atomic E-state index is 0.00891. The van der Waals surface area contributed by atoms with Gasteiger partial charge in [-0.3, -0.25) is 14.5 Å². The third-order valence-electron chi connectivity index (χ3n) is 5.66. The minimum atomic E-state index is -3.74. The molecule has 2 aliphatic rings. The summed E-state index contributed by atoms with van der Waals surface area (Å²) in [6.45, 7) is 7.82. The Hall–Kier alpha value is -2.46. The van der Waals surface area contributed by atoms with Gasteiger partial charge in [0.1, 0.15) is 0 Å². The number of sulfonamides is 1. The first-order chi connectivity index (χ1) is 13.5. The maximum absolute atomic E-state index is 12.8. The number of likely N-dealkylation sites (tertiary alicyclic amines) is 1. The molecule has 0 radical (unpaired) electrons. The largest absolute Gasteiger partial charge is 0.338 e. The van der Waals surface area contributed by atoms with E-state index in [-0.39, 0.29) is 55.4 Å². The van der Waals surface area contributed by atoms with Crippen molar-refractivity contribution in [2.75, 3.05) is 26.2 Å². The fourth-order valence-corrected chi connectivity index (χ4v) is 5.38. The third kappa shape index (κ3) is 3.99. The van der Waals surface area contributed by atoms with Gasteiger partial charge in [0.05, 0.1) is 17.5 Å². The number of aryl methyl sites for hydroxylation is 2. The first-order valence-corrected chi connectivity index (χ1v) is 11.0. The highest BCUT2D eigenvalue weighted by molar-refractivity contribution is 7.89. The van der Waals surface area contributed by atoms with E-state index in [1.165, 1.54) is 4.90 Å². The summed E-state index contributed by atoms with van der Waals surface area (Å²) in [6, 6.07) is 1.21. The average Bonchev–Trinajstić information content (AvgIpc) is 2.91. The third-order valence-corrected chi connectivity index (χ3v) is 7.39. The predicted molar refractivity (Wildman–Crippen MR) is 106 cm³/mol. The zero-order valence-corrected chi connectivity index (χ0v) is 17.9. The fraction of sp³-hybridized carbons (Fsp3) is 0.526. The van der Waals surface area contributed by atoms with Gasteiger partial charge >= 0.3 is 6.03 Å². The Balaban J connectivity index is 1.55. The van der Waals surface area contributed by atoms with E-state index >= 15 is 0 Å². The number of urea groups is 1. The van der Waals surface area contributed by atoms with Gasteiger partial charge in [-0.2, -0.15) is 0 Å². The van der Waals surface area contributed by atoms with E-state index in [2.05, 4.69) is 10.0 Å². The van der Waals surface area contributed by atoms with Gasteiger partial charge in [-0.1, -0.05) is 6.07 Å². The molecule has 29 heavy (non-hydrogen) atoms. The molecule has 2 heterocycles. The van der Waals surface area contributed by atoms with E-state index in [0.29, 0.717) is 11.1 Å². The van der Waals surface area contributed by atoms with Crippen LogP contribution in [0.1, 0.15) is 28.7 Å². The second-order valence-electron chi connectivity index (χ2n) is 7.61. The Kier molecular flexibility index (Phi) is 5.68. The van der Waals surface area contributed by atoms with Crippen molar-refractivity contribution in [2.45, 2.75) is 45.1 Å². The average molecular weight is 423 g/mol. The van der Waals surface area contributed by atoms with E-state index in [4.69, 9.17) is 0 Å². The standard InChI is InChI=1S/C19H26N4O5S/c1-11-7-12(2)14(4)18(13(11)3)29(27,28)21-6-5-16(24)22-9-15(10-22)23-17(25)8-20-19(23)26/h7,15,21H,5-6,8-10H2,1-4H3,(H,20,26). The smallest absolute Gasteiger partial charge is 0.324 e. The molecule has 158 valence electrons. The maximum atomic E-state index is 12.8. The number of imide groups is 1. The molecule has 0 saturated carbocycles. The lowest BCUT2D eigenvalue weighted by atomic mass is 10.0. The van der Waals surface area contributed by atoms with Crippen molar-refractivity contribution in [2.24, 2.45) is 0 Å². The highest BCUT2D eigenvalue weighted by Gasteiger charge is 2.42. The van der Waals surface area contributed by atoms with Crippen molar-refractivity contribution < 1.29 is 22.8 Å². The molecule has 0 atom stereocenters. The Bertz CT molecular complexity index is 941. The van der Waals surface area contributed by atoms with Crippen molar-refractivity contribution in [3.63, 3.8) is 0 Å². The monoisotopic (exact) mass is 422 g/mol. The van der Waals surface area contributed by atoms with E-state index in [1.54, 1.807) is 13.8 Å². The van der Waals surface area contributed by atoms with Gasteiger partial charge in [-0.15, -0.1) is 0 Å². The van der Waals surface area contributed by atoms with Crippen molar-refractivity contribution >= 4 is 27.9 Å². The summed E-state index contributed by atoms with van der Waals surface area (Å²) in [5, 5.41) is 2.45. The Labute approximate surface area is 170 Å². The molecule has 2 fully saturated rings. The topological polar surface area (TPSA) is 116 Å². The van der Waals surface area contributed by atoms with Crippen LogP contribution in [0.15, 0.2) is 11.0 Å². The van der Waals surface area contributed by atoms with Crippen LogP contribution >= 0.6 is 0 Å². The lowest BCUT2D eigenvalue weighted by Gasteiger charge is -2.42. The summed E-state index contributed by atoms with van der Waals surface area (Å²) in [7, 11) is -3.74. The lowest BCUT2D eigenvalue weighted by molar-refractivity contribution is -0.141. The lowest BCUT2D eigenvalue weighted by Crippen LogP contribution is -2.62. The first-order valence-electron chi connectivity index (χ1n) is 9.47. The van der Waals surface area contributed by atoms with Gasteiger partial charge in [0.2, 0.25) is 21.8 Å². The number of carbonyl (C=O) groups is 3. The molecule has 4 amide bonds. The minimum Gasteiger partial charge on any atom is -0.338 e. The molecule has 10 heteroatoms. The Morgan fingerprint density at radius 1 is 1.14 bits per heavy atom. The molecule has 0 aromatic heterocycles. The van der Waals surface area contributed by atoms with Crippen LogP contribution in [0.3, 0.4) is 0 Å². The molecule has 9 nitrogen and oxygen atoms in total. The number of amides is 4. The van der Waals surface area contributed by atoms with Crippen LogP contribution in [0.4, 0.5) is 4.79 Å². The number of hydrogen-bond donors (Lipinski definition) is 2. The molecular formula is C19H26N4O5S. The molecule has 1 aromatic carbocycles. The van der Waals surface area contributed by atoms with Gasteiger partial charge in [0.25, 0.3) is 0 Å². The van der Waals surface area contributed by atoms with Crippen molar-refractivity contribution in [1.29, 1.82) is 0 Å². The summed E-state index contributed by atoms with van der Waals surface area (Å²) in [5.74, 6) is -0.510. The van der Waals surface area contributed by atoms with E-state index in [0.717, 1.165) is 16.0 Å². The van der Waals surface area contributed by atoms with Crippen molar-refractivity contribution in [3.8, 4) is 0 Å². The molecule has 3 rings (SSSR count). The molecule has 2 saturated heterocycles. The van der Waals surface area contributed by atoms with Crippen LogP contribution in [0.25, 0.3) is 0 Å². The van der Waals surface area contributed by atoms with Gasteiger partial charge in [-0.25, -0.2) is 17.9 Å². The van der Waals surface area contributed by atoms with Gasteiger partial charge in [0.15, 0.2) is 0 Å². The summed E-state index contributed by atoms with van der Waals surface area (Å²) >= 11 is 0. The van der Waals surface area contributed by atoms with Crippen molar-refractivity contribution in [1.82, 2.24) is 19.8 Å². The van der Waals surface area contributed by atoms with Crippen LogP contribution in [0.5, 0.6) is 0 Å². The fourth-order valence-electron chi connectivity index (χ4n) is 3.73. The number of hydrogen-bond acceptors (Lipinski definition) is 5. The molecular weight excluding hydrogens is 396 g/mol. The molecule has 0 aliphatic carbocycles. The first kappa shape index (κ1) is 21.3. The molecule has 2 N–H and O–H groups in total. The second kappa shape index (κ2) is 7.75. The quantitative estimate of drug-likeness (QED) is 0.642. The summed E-state index contributed by atoms with van der Waals surface area (Å²) in [4.78, 5) is 38.5. The highest BCUT2D eigenvalue weighted by atomic mass is 32.2. The van der Waals surface area contributed by atoms with Crippen LogP contribution < -0.4 is 10.0 Å². The van der Waals surface area contributed by atoms with Gasteiger partial charge in [0, 0.05) is 26.1 Å². The zero-order chi connectivity index (χ0) is 21.5. The van der Waals surface area contributed by atoms with Gasteiger partial charge < -0.3 is 10.2 Å². The molecule has 2 aliphatic heterocycles. The zero-order valence-electron chi connectivity index (χ0n) is 17.0. The van der Waals surface area contributed by atoms with E-state index in [1.807, 2.05) is 19.9 Å². The second-order valence-corrected chi connectivity index (χ2v) is 9.32. The molecule has 0 spiro atoms. The molecule has 0 bridgehead atoms. The Morgan fingerprint density at radius 3 is 2.24 bits per heavy atom. The number of rotatable bonds is 6. The predicted octanol–water partition coefficient (Wildman–Crippen LogP) is 0.351.